The first kappa shape index (κ1) is 14.7. The summed E-state index contributed by atoms with van der Waals surface area (Å²) in [6.45, 7) is 9.94. The molecule has 0 heterocycles. The monoisotopic (exact) mass is 249 g/mol. The van der Waals surface area contributed by atoms with Gasteiger partial charge in [-0.05, 0) is 36.5 Å². The topological polar surface area (TPSA) is 40.5 Å². The van der Waals surface area contributed by atoms with Crippen molar-refractivity contribution in [2.75, 3.05) is 11.9 Å². The molecule has 0 aliphatic carbocycles. The van der Waals surface area contributed by atoms with E-state index in [0.29, 0.717) is 0 Å². The summed E-state index contributed by atoms with van der Waals surface area (Å²) in [5.41, 5.74) is 3.21. The van der Waals surface area contributed by atoms with Gasteiger partial charge in [-0.1, -0.05) is 32.9 Å². The number of rotatable bonds is 2. The first-order valence-corrected chi connectivity index (χ1v) is 6.21. The van der Waals surface area contributed by atoms with Crippen molar-refractivity contribution < 1.29 is 9.90 Å². The van der Waals surface area contributed by atoms with Crippen molar-refractivity contribution in [3.8, 4) is 0 Å². The van der Waals surface area contributed by atoms with Crippen LogP contribution >= 0.6 is 0 Å². The SMILES string of the molecule is Cc1cc(C(C)(C)C)ccc1N(C)C(=O)C(C)O. The third-order valence-electron chi connectivity index (χ3n) is 3.11. The first-order chi connectivity index (χ1) is 8.14. The van der Waals surface area contributed by atoms with Crippen LogP contribution in [0, 0.1) is 6.92 Å². The Morgan fingerprint density at radius 3 is 2.28 bits per heavy atom. The Kier molecular flexibility index (Phi) is 4.17. The van der Waals surface area contributed by atoms with Crippen LogP contribution in [0.5, 0.6) is 0 Å². The zero-order valence-electron chi connectivity index (χ0n) is 12.1. The Morgan fingerprint density at radius 1 is 1.33 bits per heavy atom. The molecule has 1 unspecified atom stereocenters. The van der Waals surface area contributed by atoms with Gasteiger partial charge in [0.1, 0.15) is 6.10 Å². The van der Waals surface area contributed by atoms with E-state index in [4.69, 9.17) is 0 Å². The Morgan fingerprint density at radius 2 is 1.89 bits per heavy atom. The lowest BCUT2D eigenvalue weighted by atomic mass is 9.86. The third kappa shape index (κ3) is 3.10. The van der Waals surface area contributed by atoms with Crippen molar-refractivity contribution in [2.45, 2.75) is 46.1 Å². The number of hydrogen-bond donors (Lipinski definition) is 1. The molecule has 1 aromatic carbocycles. The number of nitrogens with zero attached hydrogens (tertiary/aromatic N) is 1. The predicted octanol–water partition coefficient (Wildman–Crippen LogP) is 2.64. The summed E-state index contributed by atoms with van der Waals surface area (Å²) in [5.74, 6) is -0.290. The van der Waals surface area contributed by atoms with Gasteiger partial charge in [0.2, 0.25) is 0 Å². The van der Waals surface area contributed by atoms with E-state index < -0.39 is 6.10 Å². The van der Waals surface area contributed by atoms with Crippen molar-refractivity contribution >= 4 is 11.6 Å². The van der Waals surface area contributed by atoms with Gasteiger partial charge in [0, 0.05) is 12.7 Å². The van der Waals surface area contributed by atoms with Gasteiger partial charge in [0.05, 0.1) is 0 Å². The molecule has 1 aromatic rings. The molecule has 3 heteroatoms. The van der Waals surface area contributed by atoms with Crippen LogP contribution < -0.4 is 4.90 Å². The molecule has 0 bridgehead atoms. The molecule has 0 spiro atoms. The van der Waals surface area contributed by atoms with Gasteiger partial charge < -0.3 is 10.0 Å². The van der Waals surface area contributed by atoms with Crippen molar-refractivity contribution in [3.63, 3.8) is 0 Å². The quantitative estimate of drug-likeness (QED) is 0.875. The second-order valence-electron chi connectivity index (χ2n) is 5.82. The number of hydrogen-bond acceptors (Lipinski definition) is 2. The highest BCUT2D eigenvalue weighted by molar-refractivity contribution is 5.96. The smallest absolute Gasteiger partial charge is 0.255 e. The van der Waals surface area contributed by atoms with Gasteiger partial charge in [0.15, 0.2) is 0 Å². The number of carbonyl (C=O) groups is 1. The van der Waals surface area contributed by atoms with E-state index in [2.05, 4.69) is 26.8 Å². The number of amides is 1. The number of aliphatic hydroxyl groups excluding tert-OH is 1. The number of carbonyl (C=O) groups excluding carboxylic acids is 1. The largest absolute Gasteiger partial charge is 0.384 e. The summed E-state index contributed by atoms with van der Waals surface area (Å²) in [4.78, 5) is 13.3. The molecular weight excluding hydrogens is 226 g/mol. The minimum Gasteiger partial charge on any atom is -0.384 e. The summed E-state index contributed by atoms with van der Waals surface area (Å²) >= 11 is 0. The average Bonchev–Trinajstić information content (AvgIpc) is 2.25. The van der Waals surface area contributed by atoms with E-state index in [1.54, 1.807) is 7.05 Å². The fourth-order valence-electron chi connectivity index (χ4n) is 1.90. The van der Waals surface area contributed by atoms with Gasteiger partial charge in [-0.25, -0.2) is 0 Å². The normalized spacial score (nSPS) is 13.3. The lowest BCUT2D eigenvalue weighted by Gasteiger charge is -2.24. The van der Waals surface area contributed by atoms with E-state index in [9.17, 15) is 9.90 Å². The second kappa shape index (κ2) is 5.11. The minimum atomic E-state index is -0.975. The Bertz CT molecular complexity index is 444. The molecule has 0 saturated heterocycles. The highest BCUT2D eigenvalue weighted by Crippen LogP contribution is 2.28. The molecule has 1 N–H and O–H groups in total. The van der Waals surface area contributed by atoms with E-state index in [1.807, 2.05) is 19.1 Å². The molecule has 0 aromatic heterocycles. The van der Waals surface area contributed by atoms with Crippen LogP contribution in [0.25, 0.3) is 0 Å². The van der Waals surface area contributed by atoms with Crippen molar-refractivity contribution in [3.05, 3.63) is 29.3 Å². The molecule has 3 nitrogen and oxygen atoms in total. The van der Waals surface area contributed by atoms with Gasteiger partial charge in [-0.2, -0.15) is 0 Å². The van der Waals surface area contributed by atoms with Crippen molar-refractivity contribution in [1.82, 2.24) is 0 Å². The molecular formula is C15H23NO2. The standard InChI is InChI=1S/C15H23NO2/c1-10-9-12(15(3,4)5)7-8-13(10)16(6)14(18)11(2)17/h7-9,11,17H,1-6H3. The summed E-state index contributed by atoms with van der Waals surface area (Å²) in [5, 5.41) is 9.34. The lowest BCUT2D eigenvalue weighted by Crippen LogP contribution is -2.35. The summed E-state index contributed by atoms with van der Waals surface area (Å²) in [7, 11) is 1.69. The van der Waals surface area contributed by atoms with Crippen LogP contribution in [0.1, 0.15) is 38.8 Å². The molecule has 1 rings (SSSR count). The molecule has 100 valence electrons. The summed E-state index contributed by atoms with van der Waals surface area (Å²) < 4.78 is 0. The Hall–Kier alpha value is -1.35. The van der Waals surface area contributed by atoms with Gasteiger partial charge in [-0.3, -0.25) is 4.79 Å². The number of aryl methyl sites for hydroxylation is 1. The van der Waals surface area contributed by atoms with E-state index >= 15 is 0 Å². The fraction of sp³-hybridized carbons (Fsp3) is 0.533. The summed E-state index contributed by atoms with van der Waals surface area (Å²) in [6, 6.07) is 6.07. The molecule has 0 aliphatic heterocycles. The number of benzene rings is 1. The van der Waals surface area contributed by atoms with Gasteiger partial charge in [0.25, 0.3) is 5.91 Å². The highest BCUT2D eigenvalue weighted by Gasteiger charge is 2.19. The molecule has 1 amide bonds. The average molecular weight is 249 g/mol. The van der Waals surface area contributed by atoms with Crippen LogP contribution in [0.4, 0.5) is 5.69 Å². The molecule has 18 heavy (non-hydrogen) atoms. The zero-order valence-corrected chi connectivity index (χ0v) is 12.1. The molecule has 0 radical (unpaired) electrons. The third-order valence-corrected chi connectivity index (χ3v) is 3.11. The molecule has 1 atom stereocenters. The van der Waals surface area contributed by atoms with Crippen molar-refractivity contribution in [2.24, 2.45) is 0 Å². The van der Waals surface area contributed by atoms with Gasteiger partial charge >= 0.3 is 0 Å². The lowest BCUT2D eigenvalue weighted by molar-refractivity contribution is -0.125. The Balaban J connectivity index is 3.10. The molecule has 0 saturated carbocycles. The van der Waals surface area contributed by atoms with Crippen LogP contribution in [-0.2, 0) is 10.2 Å². The van der Waals surface area contributed by atoms with Crippen LogP contribution in [0.2, 0.25) is 0 Å². The maximum absolute atomic E-state index is 11.8. The van der Waals surface area contributed by atoms with E-state index in [0.717, 1.165) is 11.3 Å². The van der Waals surface area contributed by atoms with Gasteiger partial charge in [-0.15, -0.1) is 0 Å². The number of likely N-dealkylation sites (N-methyl/N-ethyl adjacent to an activating group) is 1. The predicted molar refractivity (Wildman–Crippen MR) is 75.0 cm³/mol. The second-order valence-corrected chi connectivity index (χ2v) is 5.82. The maximum Gasteiger partial charge on any atom is 0.255 e. The minimum absolute atomic E-state index is 0.0934. The fourth-order valence-corrected chi connectivity index (χ4v) is 1.90. The Labute approximate surface area is 109 Å². The van der Waals surface area contributed by atoms with Crippen LogP contribution in [0.15, 0.2) is 18.2 Å². The zero-order chi connectivity index (χ0) is 14.1. The maximum atomic E-state index is 11.8. The number of aliphatic hydroxyl groups is 1. The van der Waals surface area contributed by atoms with Crippen LogP contribution in [-0.4, -0.2) is 24.2 Å². The summed E-state index contributed by atoms with van der Waals surface area (Å²) in [6.07, 6.45) is -0.975. The van der Waals surface area contributed by atoms with Crippen molar-refractivity contribution in [1.29, 1.82) is 0 Å². The first-order valence-electron chi connectivity index (χ1n) is 6.21. The number of anilines is 1. The highest BCUT2D eigenvalue weighted by atomic mass is 16.3. The molecule has 0 aliphatic rings. The van der Waals surface area contributed by atoms with Crippen LogP contribution in [0.3, 0.4) is 0 Å². The molecule has 0 fully saturated rings. The van der Waals surface area contributed by atoms with E-state index in [-0.39, 0.29) is 11.3 Å². The van der Waals surface area contributed by atoms with E-state index in [1.165, 1.54) is 17.4 Å².